The molecule has 1 fully saturated rings. The predicted molar refractivity (Wildman–Crippen MR) is 125 cm³/mol. The number of nitrogens with one attached hydrogen (secondary N) is 2. The molecule has 0 aliphatic carbocycles. The summed E-state index contributed by atoms with van der Waals surface area (Å²) in [5.41, 5.74) is 3.67. The van der Waals surface area contributed by atoms with Gasteiger partial charge in [0.2, 0.25) is 0 Å². The van der Waals surface area contributed by atoms with Crippen LogP contribution in [0.3, 0.4) is 0 Å². The van der Waals surface area contributed by atoms with Crippen molar-refractivity contribution in [2.45, 2.75) is 19.0 Å². The van der Waals surface area contributed by atoms with Gasteiger partial charge in [0.25, 0.3) is 5.91 Å². The van der Waals surface area contributed by atoms with Crippen molar-refractivity contribution in [1.82, 2.24) is 5.32 Å². The molecule has 1 atom stereocenters. The summed E-state index contributed by atoms with van der Waals surface area (Å²) in [6, 6.07) is 23.4. The van der Waals surface area contributed by atoms with Crippen molar-refractivity contribution in [3.8, 4) is 5.75 Å². The van der Waals surface area contributed by atoms with E-state index in [2.05, 4.69) is 10.6 Å². The molecule has 3 aromatic carbocycles. The molecule has 1 amide bonds. The van der Waals surface area contributed by atoms with Gasteiger partial charge < -0.3 is 15.4 Å². The molecule has 6 heteroatoms. The fourth-order valence-corrected chi connectivity index (χ4v) is 4.30. The van der Waals surface area contributed by atoms with Crippen molar-refractivity contribution in [3.05, 3.63) is 99.4 Å². The van der Waals surface area contributed by atoms with Crippen LogP contribution in [0, 0.1) is 6.92 Å². The lowest BCUT2D eigenvalue weighted by Crippen LogP contribution is -2.31. The lowest BCUT2D eigenvalue weighted by atomic mass is 10.2. The number of hydrogen-bond donors (Lipinski definition) is 2. The smallest absolute Gasteiger partial charge is 0.260 e. The minimum Gasteiger partial charge on any atom is -0.488 e. The van der Waals surface area contributed by atoms with Gasteiger partial charge in [0.05, 0.1) is 4.91 Å². The molecule has 4 nitrogen and oxygen atoms in total. The molecule has 1 unspecified atom stereocenters. The molecule has 2 N–H and O–H groups in total. The number of para-hydroxylation sites is 1. The van der Waals surface area contributed by atoms with E-state index in [0.29, 0.717) is 16.5 Å². The number of carbonyl (C=O) groups excluding carboxylic acids is 1. The topological polar surface area (TPSA) is 50.4 Å². The molecule has 1 saturated heterocycles. The number of rotatable bonds is 6. The van der Waals surface area contributed by atoms with Crippen LogP contribution in [-0.2, 0) is 11.4 Å². The second-order valence-corrected chi connectivity index (χ2v) is 8.48. The van der Waals surface area contributed by atoms with Gasteiger partial charge in [0.1, 0.15) is 12.4 Å². The standard InChI is InChI=1S/C24H21ClN2O2S/c1-16-13-19(25)11-12-20(16)26-24-27-23(28)22(30-24)14-18-9-5-6-10-21(18)29-15-17-7-3-2-4-8-17/h2-14,24,26H,15H2,1H3,(H,27,28)/b22-14-. The number of halogens is 1. The van der Waals surface area contributed by atoms with Crippen LogP contribution in [0.1, 0.15) is 16.7 Å². The van der Waals surface area contributed by atoms with Gasteiger partial charge in [-0.1, -0.05) is 71.9 Å². The zero-order chi connectivity index (χ0) is 20.9. The first-order chi connectivity index (χ1) is 14.6. The molecule has 0 aromatic heterocycles. The zero-order valence-electron chi connectivity index (χ0n) is 16.4. The van der Waals surface area contributed by atoms with Gasteiger partial charge in [0.15, 0.2) is 5.50 Å². The van der Waals surface area contributed by atoms with Crippen molar-refractivity contribution < 1.29 is 9.53 Å². The fourth-order valence-electron chi connectivity index (χ4n) is 3.10. The van der Waals surface area contributed by atoms with E-state index in [1.165, 1.54) is 11.8 Å². The van der Waals surface area contributed by atoms with E-state index >= 15 is 0 Å². The minimum atomic E-state index is -0.249. The van der Waals surface area contributed by atoms with Crippen LogP contribution in [0.25, 0.3) is 6.08 Å². The third-order valence-corrected chi connectivity index (χ3v) is 5.91. The Labute approximate surface area is 185 Å². The van der Waals surface area contributed by atoms with Crippen LogP contribution >= 0.6 is 23.4 Å². The van der Waals surface area contributed by atoms with Crippen molar-refractivity contribution >= 4 is 41.0 Å². The monoisotopic (exact) mass is 436 g/mol. The average Bonchev–Trinajstić information content (AvgIpc) is 3.09. The highest BCUT2D eigenvalue weighted by atomic mass is 35.5. The predicted octanol–water partition coefficient (Wildman–Crippen LogP) is 5.83. The molecular weight excluding hydrogens is 416 g/mol. The van der Waals surface area contributed by atoms with Gasteiger partial charge in [-0.3, -0.25) is 4.79 Å². The summed E-state index contributed by atoms with van der Waals surface area (Å²) in [6.07, 6.45) is 1.87. The van der Waals surface area contributed by atoms with Crippen molar-refractivity contribution in [1.29, 1.82) is 0 Å². The maximum atomic E-state index is 12.5. The van der Waals surface area contributed by atoms with Crippen LogP contribution in [0.15, 0.2) is 77.7 Å². The number of hydrogen-bond acceptors (Lipinski definition) is 4. The zero-order valence-corrected chi connectivity index (χ0v) is 18.0. The van der Waals surface area contributed by atoms with Crippen molar-refractivity contribution in [2.24, 2.45) is 0 Å². The van der Waals surface area contributed by atoms with E-state index in [1.807, 2.05) is 85.8 Å². The summed E-state index contributed by atoms with van der Waals surface area (Å²) >= 11 is 7.47. The summed E-state index contributed by atoms with van der Waals surface area (Å²) in [5.74, 6) is 0.634. The Morgan fingerprint density at radius 3 is 2.67 bits per heavy atom. The lowest BCUT2D eigenvalue weighted by molar-refractivity contribution is -0.116. The number of anilines is 1. The summed E-state index contributed by atoms with van der Waals surface area (Å²) in [4.78, 5) is 13.1. The molecule has 0 radical (unpaired) electrons. The number of thioether (sulfide) groups is 1. The van der Waals surface area contributed by atoms with Gasteiger partial charge in [-0.15, -0.1) is 0 Å². The van der Waals surface area contributed by atoms with Crippen LogP contribution in [0.2, 0.25) is 5.02 Å². The Kier molecular flexibility index (Phi) is 6.31. The normalized spacial score (nSPS) is 17.1. The first-order valence-corrected chi connectivity index (χ1v) is 10.8. The fraction of sp³-hybridized carbons (Fsp3) is 0.125. The van der Waals surface area contributed by atoms with Crippen LogP contribution in [0.5, 0.6) is 5.75 Å². The maximum absolute atomic E-state index is 12.5. The van der Waals surface area contributed by atoms with Gasteiger partial charge in [-0.2, -0.15) is 0 Å². The number of benzene rings is 3. The first kappa shape index (κ1) is 20.4. The summed E-state index contributed by atoms with van der Waals surface area (Å²) in [6.45, 7) is 2.45. The molecule has 1 aliphatic rings. The van der Waals surface area contributed by atoms with Gasteiger partial charge in [-0.05, 0) is 48.4 Å². The number of aryl methyl sites for hydroxylation is 1. The van der Waals surface area contributed by atoms with Gasteiger partial charge in [0, 0.05) is 16.3 Å². The van der Waals surface area contributed by atoms with Gasteiger partial charge in [-0.25, -0.2) is 0 Å². The first-order valence-electron chi connectivity index (χ1n) is 9.56. The molecule has 152 valence electrons. The highest BCUT2D eigenvalue weighted by Gasteiger charge is 2.27. The Morgan fingerprint density at radius 1 is 1.10 bits per heavy atom. The number of carbonyl (C=O) groups is 1. The second-order valence-electron chi connectivity index (χ2n) is 6.90. The quantitative estimate of drug-likeness (QED) is 0.477. The van der Waals surface area contributed by atoms with Crippen LogP contribution in [-0.4, -0.2) is 11.4 Å². The molecule has 0 spiro atoms. The Morgan fingerprint density at radius 2 is 1.87 bits per heavy atom. The summed E-state index contributed by atoms with van der Waals surface area (Å²) < 4.78 is 6.00. The number of ether oxygens (including phenoxy) is 1. The molecule has 30 heavy (non-hydrogen) atoms. The minimum absolute atomic E-state index is 0.109. The van der Waals surface area contributed by atoms with E-state index in [-0.39, 0.29) is 11.4 Å². The highest BCUT2D eigenvalue weighted by Crippen LogP contribution is 2.33. The van der Waals surface area contributed by atoms with Gasteiger partial charge >= 0.3 is 0 Å². The summed E-state index contributed by atoms with van der Waals surface area (Å²) in [5, 5.41) is 7.00. The maximum Gasteiger partial charge on any atom is 0.260 e. The molecule has 1 heterocycles. The van der Waals surface area contributed by atoms with E-state index in [0.717, 1.165) is 28.1 Å². The Balaban J connectivity index is 1.47. The SMILES string of the molecule is Cc1cc(Cl)ccc1NC1NC(=O)/C(=C/c2ccccc2OCc2ccccc2)S1. The lowest BCUT2D eigenvalue weighted by Gasteiger charge is -2.15. The van der Waals surface area contributed by atoms with Crippen LogP contribution in [0.4, 0.5) is 5.69 Å². The molecule has 4 rings (SSSR count). The third-order valence-electron chi connectivity index (χ3n) is 4.65. The largest absolute Gasteiger partial charge is 0.488 e. The van der Waals surface area contributed by atoms with Crippen LogP contribution < -0.4 is 15.4 Å². The van der Waals surface area contributed by atoms with E-state index in [9.17, 15) is 4.79 Å². The third kappa shape index (κ3) is 4.99. The van der Waals surface area contributed by atoms with E-state index < -0.39 is 0 Å². The Hall–Kier alpha value is -2.89. The molecule has 0 bridgehead atoms. The molecule has 3 aromatic rings. The molecule has 1 aliphatic heterocycles. The average molecular weight is 437 g/mol. The molecular formula is C24H21ClN2O2S. The number of amides is 1. The van der Waals surface area contributed by atoms with Crippen molar-refractivity contribution in [3.63, 3.8) is 0 Å². The Bertz CT molecular complexity index is 1090. The second kappa shape index (κ2) is 9.28. The summed E-state index contributed by atoms with van der Waals surface area (Å²) in [7, 11) is 0. The molecule has 0 saturated carbocycles. The van der Waals surface area contributed by atoms with E-state index in [4.69, 9.17) is 16.3 Å². The van der Waals surface area contributed by atoms with E-state index in [1.54, 1.807) is 0 Å². The van der Waals surface area contributed by atoms with Crippen molar-refractivity contribution in [2.75, 3.05) is 5.32 Å². The highest BCUT2D eigenvalue weighted by molar-refractivity contribution is 8.05.